The Balaban J connectivity index is 0.000000202. The van der Waals surface area contributed by atoms with Gasteiger partial charge in [0.15, 0.2) is 0 Å². The van der Waals surface area contributed by atoms with Gasteiger partial charge in [-0.05, 0) is 230 Å². The Morgan fingerprint density at radius 2 is 0.582 bits per heavy atom. The molecule has 4 N–H and O–H groups in total. The van der Waals surface area contributed by atoms with E-state index in [0.717, 1.165) is 129 Å². The maximum Gasteiger partial charge on any atom is 2.00 e. The molecular formula is C86H78BBrF4MgN12NaO4. The van der Waals surface area contributed by atoms with Crippen LogP contribution in [0.5, 0.6) is 0 Å². The van der Waals surface area contributed by atoms with Crippen LogP contribution in [-0.2, 0) is 5.60 Å². The Labute approximate surface area is 687 Å². The molecule has 110 heavy (non-hydrogen) atoms. The van der Waals surface area contributed by atoms with E-state index in [1.165, 1.54) is 24.3 Å². The largest absolute Gasteiger partial charge is 2.00 e. The van der Waals surface area contributed by atoms with E-state index in [2.05, 4.69) is 39.9 Å². The summed E-state index contributed by atoms with van der Waals surface area (Å²) in [4.78, 5) is 35.4. The molecule has 16 rings (SSSR count). The fourth-order valence-corrected chi connectivity index (χ4v) is 12.6. The van der Waals surface area contributed by atoms with Gasteiger partial charge >= 0.3 is 52.6 Å². The van der Waals surface area contributed by atoms with Crippen LogP contribution in [0.2, 0.25) is 0 Å². The average molecular weight is 1560 g/mol. The van der Waals surface area contributed by atoms with Crippen LogP contribution in [0, 0.1) is 58.4 Å². The van der Waals surface area contributed by atoms with E-state index in [0.29, 0.717) is 27.9 Å². The summed E-state index contributed by atoms with van der Waals surface area (Å²) in [5.74, 6) is -0.918. The van der Waals surface area contributed by atoms with E-state index in [1.54, 1.807) is 160 Å². The summed E-state index contributed by atoms with van der Waals surface area (Å²) in [5.41, 5.74) is 21.4. The molecule has 0 saturated carbocycles. The fourth-order valence-electron chi connectivity index (χ4n) is 12.6. The van der Waals surface area contributed by atoms with Crippen LogP contribution in [0.3, 0.4) is 0 Å². The van der Waals surface area contributed by atoms with Gasteiger partial charge in [0, 0.05) is 125 Å². The fraction of sp³-hybridized carbons (Fsp3) is 0.151. The summed E-state index contributed by atoms with van der Waals surface area (Å²) in [6.45, 7) is 15.6. The first kappa shape index (κ1) is 85.7. The SMILES string of the molecule is Cc1cc(-c2ncccc2-c2ccc3ncc(C(C)(C)O)n3c2)ccc1F.Cc1cc(-c2ncccc2-c2ccc3ncc(C(C)O)n3c2)ccc1F.Cc1cc(-c2ncccc2-c2ccc3ncc([C@@H](C)O)n3c2)ccc1F.Cc1cc(-c2ncccc2-c2ccc3ncc([C@@H](C)O)n3c2)ccc1F.[B].[Br-].[CH3-].[H-].[Mg+2].[Na+]. The van der Waals surface area contributed by atoms with E-state index in [-0.39, 0.29) is 110 Å². The van der Waals surface area contributed by atoms with Crippen molar-refractivity contribution in [1.29, 1.82) is 0 Å². The quantitative estimate of drug-likeness (QED) is 0.0513. The zero-order valence-electron chi connectivity index (χ0n) is 63.7. The number of aryl methyl sites for hydroxylation is 4. The van der Waals surface area contributed by atoms with Gasteiger partial charge in [0.1, 0.15) is 51.5 Å². The number of halogens is 5. The number of aliphatic hydroxyl groups is 4. The molecule has 12 aromatic heterocycles. The number of hydrogen-bond donors (Lipinski definition) is 4. The van der Waals surface area contributed by atoms with E-state index < -0.39 is 23.9 Å². The van der Waals surface area contributed by atoms with Crippen molar-refractivity contribution in [2.75, 3.05) is 0 Å². The summed E-state index contributed by atoms with van der Waals surface area (Å²) >= 11 is 0. The van der Waals surface area contributed by atoms with Gasteiger partial charge in [-0.1, -0.05) is 24.3 Å². The minimum absolute atomic E-state index is 0. The first-order valence-electron chi connectivity index (χ1n) is 34.0. The van der Waals surface area contributed by atoms with Gasteiger partial charge in [-0.25, -0.2) is 37.5 Å². The van der Waals surface area contributed by atoms with Crippen molar-refractivity contribution in [3.05, 3.63) is 320 Å². The number of aliphatic hydroxyl groups excluding tert-OH is 3. The Bertz CT molecular complexity index is 5500. The van der Waals surface area contributed by atoms with Crippen molar-refractivity contribution in [3.8, 4) is 89.5 Å². The number of rotatable bonds is 12. The van der Waals surface area contributed by atoms with Crippen LogP contribution < -0.4 is 46.5 Å². The first-order valence-corrected chi connectivity index (χ1v) is 34.0. The molecule has 16 aromatic rings. The van der Waals surface area contributed by atoms with Gasteiger partial charge in [0.2, 0.25) is 0 Å². The molecule has 0 aliphatic heterocycles. The number of pyridine rings is 8. The van der Waals surface area contributed by atoms with E-state index >= 15 is 0 Å². The van der Waals surface area contributed by atoms with Gasteiger partial charge in [-0.2, -0.15) is 0 Å². The van der Waals surface area contributed by atoms with Crippen molar-refractivity contribution >= 4 is 54.1 Å². The summed E-state index contributed by atoms with van der Waals surface area (Å²) in [7, 11) is 0. The minimum Gasteiger partial charge on any atom is -1.00 e. The number of benzene rings is 4. The van der Waals surface area contributed by atoms with Gasteiger partial charge in [0.05, 0.1) is 88.7 Å². The van der Waals surface area contributed by atoms with Crippen molar-refractivity contribution in [2.45, 2.75) is 86.2 Å². The smallest absolute Gasteiger partial charge is 1.00 e. The third-order valence-electron chi connectivity index (χ3n) is 18.2. The molecule has 0 bridgehead atoms. The minimum atomic E-state index is -1.01. The van der Waals surface area contributed by atoms with Crippen molar-refractivity contribution in [1.82, 2.24) is 57.5 Å². The molecule has 4 aromatic carbocycles. The number of imidazole rings is 4. The van der Waals surface area contributed by atoms with Gasteiger partial charge < -0.3 is 63.9 Å². The molecule has 3 atom stereocenters. The summed E-state index contributed by atoms with van der Waals surface area (Å²) < 4.78 is 62.1. The van der Waals surface area contributed by atoms with E-state index in [1.807, 2.05) is 139 Å². The topological polar surface area (TPSA) is 202 Å². The van der Waals surface area contributed by atoms with Crippen molar-refractivity contribution in [2.24, 2.45) is 0 Å². The molecule has 16 nitrogen and oxygen atoms in total. The van der Waals surface area contributed by atoms with Crippen LogP contribution in [0.15, 0.2) is 244 Å². The molecule has 0 aliphatic carbocycles. The van der Waals surface area contributed by atoms with E-state index in [4.69, 9.17) is 0 Å². The summed E-state index contributed by atoms with van der Waals surface area (Å²) in [5, 5.41) is 40.3. The molecule has 3 radical (unpaired) electrons. The average Bonchev–Trinajstić information content (AvgIpc) is 1.71. The van der Waals surface area contributed by atoms with Crippen molar-refractivity contribution < 1.29 is 86.0 Å². The normalized spacial score (nSPS) is 11.8. The summed E-state index contributed by atoms with van der Waals surface area (Å²) in [6, 6.07) is 51.1. The molecular weight excluding hydrogens is 1480 g/mol. The number of hydrogen-bond acceptors (Lipinski definition) is 12. The predicted molar refractivity (Wildman–Crippen MR) is 420 cm³/mol. The van der Waals surface area contributed by atoms with Gasteiger partial charge in [-0.15, -0.1) is 0 Å². The number of fused-ring (bicyclic) bond motifs is 4. The first-order chi connectivity index (χ1) is 50.5. The second-order valence-corrected chi connectivity index (χ2v) is 26.3. The van der Waals surface area contributed by atoms with Crippen LogP contribution in [0.4, 0.5) is 17.6 Å². The van der Waals surface area contributed by atoms with E-state index in [9.17, 15) is 38.0 Å². The van der Waals surface area contributed by atoms with Gasteiger partial charge in [0.25, 0.3) is 0 Å². The summed E-state index contributed by atoms with van der Waals surface area (Å²) in [6.07, 6.45) is 19.6. The number of nitrogens with zero attached hydrogens (tertiary/aromatic N) is 12. The second-order valence-electron chi connectivity index (χ2n) is 26.3. The monoisotopic (exact) mass is 1560 g/mol. The number of aromatic nitrogens is 12. The molecule has 0 saturated heterocycles. The maximum absolute atomic E-state index is 13.7. The predicted octanol–water partition coefficient (Wildman–Crippen LogP) is 12.2. The molecule has 1 unspecified atom stereocenters. The van der Waals surface area contributed by atoms with Gasteiger partial charge in [-0.3, -0.25) is 19.9 Å². The standard InChI is InChI=1S/C22H20FN3O.3C21H18FN3O.CH3.B.BrH.Mg.Na.H/c1-14-11-15(6-8-18(14)23)21-17(5-4-10-24-21)16-7-9-20-25-12-19(22(2,3)27)26(20)13-16;3*1-13-10-15(5-7-18(13)22)21-17(4-3-9-23-21)16-6-8-20-24-11-19(14(2)26)25(20)12-16;;;;;;/h4-13,27H,1-3H3;3*3-12,14,26H,1-2H3;1H3;;1H;;;/q;;;;-1;;;+2;+1;-1/p-1/t;2*14-;;;;;;;/m.11......./s1. The third-order valence-corrected chi connectivity index (χ3v) is 18.2. The van der Waals surface area contributed by atoms with Crippen LogP contribution in [0.1, 0.15) is 99.4 Å². The third kappa shape index (κ3) is 18.4. The Morgan fingerprint density at radius 1 is 0.355 bits per heavy atom. The molecule has 24 heteroatoms. The van der Waals surface area contributed by atoms with Crippen molar-refractivity contribution in [3.63, 3.8) is 0 Å². The maximum atomic E-state index is 13.7. The van der Waals surface area contributed by atoms with Crippen LogP contribution >= 0.6 is 0 Å². The van der Waals surface area contributed by atoms with Crippen LogP contribution in [0.25, 0.3) is 112 Å². The zero-order valence-corrected chi connectivity index (χ0v) is 67.7. The Kier molecular flexibility index (Phi) is 28.6. The van der Waals surface area contributed by atoms with Crippen LogP contribution in [-0.4, -0.2) is 109 Å². The zero-order chi connectivity index (χ0) is 74.0. The molecule has 0 fully saturated rings. The molecule has 0 spiro atoms. The molecule has 0 amide bonds. The molecule has 547 valence electrons. The molecule has 0 aliphatic rings. The second kappa shape index (κ2) is 36.8. The Hall–Kier alpha value is -9.89. The molecule has 12 heterocycles. The Morgan fingerprint density at radius 3 is 0.818 bits per heavy atom.